The average Bonchev–Trinajstić information content (AvgIpc) is 2.42. The van der Waals surface area contributed by atoms with Crippen LogP contribution >= 0.6 is 34.2 Å². The summed E-state index contributed by atoms with van der Waals surface area (Å²) in [6, 6.07) is 0. The van der Waals surface area contributed by atoms with Crippen LogP contribution in [0.5, 0.6) is 0 Å². The summed E-state index contributed by atoms with van der Waals surface area (Å²) in [6.45, 7) is 2.09. The molecule has 0 radical (unpaired) electrons. The van der Waals surface area contributed by atoms with Crippen LogP contribution in [0.1, 0.15) is 50.5 Å². The Kier molecular flexibility index (Phi) is 4.83. The third-order valence-corrected chi connectivity index (χ3v) is 5.40. The van der Waals surface area contributed by atoms with E-state index in [2.05, 4.69) is 34.5 Å². The van der Waals surface area contributed by atoms with Crippen LogP contribution in [-0.4, -0.2) is 17.1 Å². The number of halogens is 2. The van der Waals surface area contributed by atoms with Gasteiger partial charge >= 0.3 is 0 Å². The second-order valence-corrected chi connectivity index (χ2v) is 6.15. The van der Waals surface area contributed by atoms with Gasteiger partial charge in [0.2, 0.25) is 0 Å². The number of ether oxygens (including phenoxy) is 1. The molecule has 1 aromatic heterocycles. The largest absolute Gasteiger partial charge is 0.370 e. The predicted octanol–water partition coefficient (Wildman–Crippen LogP) is 4.10. The Hall–Kier alpha value is 0.0600. The highest BCUT2D eigenvalue weighted by atomic mass is 127. The minimum absolute atomic E-state index is 0.323. The summed E-state index contributed by atoms with van der Waals surface area (Å²) in [7, 11) is 1.76. The maximum Gasteiger partial charge on any atom is 0.162 e. The van der Waals surface area contributed by atoms with Crippen LogP contribution in [0.2, 0.25) is 5.15 Å². The Bertz CT molecular complexity index is 433. The third-order valence-electron chi connectivity index (χ3n) is 3.67. The second-order valence-electron chi connectivity index (χ2n) is 4.71. The molecule has 100 valence electrons. The molecule has 2 rings (SSSR count). The zero-order valence-corrected chi connectivity index (χ0v) is 13.7. The van der Waals surface area contributed by atoms with Crippen molar-refractivity contribution in [2.45, 2.75) is 51.0 Å². The van der Waals surface area contributed by atoms with Crippen LogP contribution in [0, 0.1) is 3.57 Å². The van der Waals surface area contributed by atoms with Crippen molar-refractivity contribution < 1.29 is 4.74 Å². The van der Waals surface area contributed by atoms with Crippen LogP contribution in [0.15, 0.2) is 0 Å². The number of aryl methyl sites for hydroxylation is 1. The van der Waals surface area contributed by atoms with E-state index in [1.54, 1.807) is 7.11 Å². The predicted molar refractivity (Wildman–Crippen MR) is 80.9 cm³/mol. The zero-order chi connectivity index (χ0) is 13.2. The molecule has 1 heterocycles. The Morgan fingerprint density at radius 3 is 2.50 bits per heavy atom. The van der Waals surface area contributed by atoms with Crippen molar-refractivity contribution >= 4 is 34.2 Å². The van der Waals surface area contributed by atoms with Gasteiger partial charge in [0.15, 0.2) is 5.82 Å². The lowest BCUT2D eigenvalue weighted by molar-refractivity contribution is -0.0516. The van der Waals surface area contributed by atoms with Crippen LogP contribution in [-0.2, 0) is 16.8 Å². The Labute approximate surface area is 127 Å². The molecule has 1 aliphatic carbocycles. The molecule has 0 bridgehead atoms. The molecule has 1 aromatic rings. The van der Waals surface area contributed by atoms with Crippen LogP contribution < -0.4 is 0 Å². The van der Waals surface area contributed by atoms with Gasteiger partial charge in [-0.15, -0.1) is 0 Å². The fourth-order valence-corrected chi connectivity index (χ4v) is 3.35. The monoisotopic (exact) mass is 380 g/mol. The maximum absolute atomic E-state index is 6.22. The first kappa shape index (κ1) is 14.5. The van der Waals surface area contributed by atoms with E-state index in [-0.39, 0.29) is 5.60 Å². The van der Waals surface area contributed by atoms with E-state index in [1.165, 1.54) is 19.3 Å². The van der Waals surface area contributed by atoms with Gasteiger partial charge in [-0.25, -0.2) is 9.97 Å². The summed E-state index contributed by atoms with van der Waals surface area (Å²) in [5.74, 6) is 0.770. The molecule has 1 aliphatic rings. The maximum atomic E-state index is 6.22. The lowest BCUT2D eigenvalue weighted by atomic mass is 9.84. The van der Waals surface area contributed by atoms with E-state index in [4.69, 9.17) is 21.3 Å². The fourth-order valence-electron chi connectivity index (χ4n) is 2.54. The first-order valence-electron chi connectivity index (χ1n) is 6.40. The van der Waals surface area contributed by atoms with Gasteiger partial charge in [0.05, 0.1) is 9.26 Å². The molecular formula is C13H18ClIN2O. The van der Waals surface area contributed by atoms with Gasteiger partial charge in [-0.2, -0.15) is 0 Å². The lowest BCUT2D eigenvalue weighted by Crippen LogP contribution is -2.33. The number of hydrogen-bond acceptors (Lipinski definition) is 3. The fraction of sp³-hybridized carbons (Fsp3) is 0.692. The molecule has 5 heteroatoms. The highest BCUT2D eigenvalue weighted by Crippen LogP contribution is 2.39. The number of rotatable bonds is 3. The van der Waals surface area contributed by atoms with Gasteiger partial charge in [0.1, 0.15) is 10.8 Å². The number of nitrogens with zero attached hydrogens (tertiary/aromatic N) is 2. The molecule has 0 saturated heterocycles. The normalized spacial score (nSPS) is 18.9. The minimum atomic E-state index is -0.323. The molecule has 0 atom stereocenters. The van der Waals surface area contributed by atoms with Crippen molar-refractivity contribution in [2.24, 2.45) is 0 Å². The van der Waals surface area contributed by atoms with E-state index in [9.17, 15) is 0 Å². The summed E-state index contributed by atoms with van der Waals surface area (Å²) in [5.41, 5.74) is 0.698. The molecule has 0 aliphatic heterocycles. The summed E-state index contributed by atoms with van der Waals surface area (Å²) in [5, 5.41) is 0.555. The van der Waals surface area contributed by atoms with Gasteiger partial charge < -0.3 is 4.74 Å². The molecule has 3 nitrogen and oxygen atoms in total. The standard InChI is InChI=1S/C13H18ClIN2O/c1-3-9-10(15)11(14)17-12(16-9)13(18-2)7-5-4-6-8-13/h3-8H2,1-2H3. The van der Waals surface area contributed by atoms with Crippen molar-refractivity contribution in [3.8, 4) is 0 Å². The van der Waals surface area contributed by atoms with Gasteiger partial charge in [0, 0.05) is 7.11 Å². The second kappa shape index (κ2) is 6.01. The van der Waals surface area contributed by atoms with Crippen molar-refractivity contribution in [1.82, 2.24) is 9.97 Å². The summed E-state index contributed by atoms with van der Waals surface area (Å²) in [4.78, 5) is 9.16. The van der Waals surface area contributed by atoms with Crippen LogP contribution in [0.4, 0.5) is 0 Å². The molecule has 18 heavy (non-hydrogen) atoms. The van der Waals surface area contributed by atoms with Crippen molar-refractivity contribution in [1.29, 1.82) is 0 Å². The van der Waals surface area contributed by atoms with Crippen LogP contribution in [0.3, 0.4) is 0 Å². The van der Waals surface area contributed by atoms with E-state index < -0.39 is 0 Å². The highest BCUT2D eigenvalue weighted by molar-refractivity contribution is 14.1. The molecular weight excluding hydrogens is 363 g/mol. The van der Waals surface area contributed by atoms with Crippen LogP contribution in [0.25, 0.3) is 0 Å². The minimum Gasteiger partial charge on any atom is -0.370 e. The Morgan fingerprint density at radius 1 is 1.28 bits per heavy atom. The van der Waals surface area contributed by atoms with Crippen molar-refractivity contribution in [3.05, 3.63) is 20.2 Å². The molecule has 0 amide bonds. The van der Waals surface area contributed by atoms with Gasteiger partial charge in [-0.05, 0) is 41.9 Å². The average molecular weight is 381 g/mol. The summed E-state index contributed by atoms with van der Waals surface area (Å²) < 4.78 is 6.73. The molecule has 0 aromatic carbocycles. The third kappa shape index (κ3) is 2.65. The summed E-state index contributed by atoms with van der Waals surface area (Å²) >= 11 is 8.43. The topological polar surface area (TPSA) is 35.0 Å². The molecule has 0 spiro atoms. The lowest BCUT2D eigenvalue weighted by Gasteiger charge is -2.34. The molecule has 1 fully saturated rings. The Balaban J connectivity index is 2.45. The van der Waals surface area contributed by atoms with E-state index in [1.807, 2.05) is 0 Å². The number of hydrogen-bond donors (Lipinski definition) is 0. The summed E-state index contributed by atoms with van der Waals surface area (Å²) in [6.07, 6.45) is 6.45. The number of methoxy groups -OCH3 is 1. The zero-order valence-electron chi connectivity index (χ0n) is 10.8. The quantitative estimate of drug-likeness (QED) is 0.585. The first-order chi connectivity index (χ1) is 8.63. The smallest absolute Gasteiger partial charge is 0.162 e. The van der Waals surface area contributed by atoms with Gasteiger partial charge in [-0.1, -0.05) is 37.8 Å². The van der Waals surface area contributed by atoms with E-state index in [0.29, 0.717) is 5.15 Å². The van der Waals surface area contributed by atoms with Gasteiger partial charge in [-0.3, -0.25) is 0 Å². The molecule has 0 unspecified atom stereocenters. The van der Waals surface area contributed by atoms with Crippen molar-refractivity contribution in [2.75, 3.05) is 7.11 Å². The van der Waals surface area contributed by atoms with E-state index in [0.717, 1.165) is 34.4 Å². The van der Waals surface area contributed by atoms with Gasteiger partial charge in [0.25, 0.3) is 0 Å². The SMILES string of the molecule is CCc1nc(C2(OC)CCCCC2)nc(Cl)c1I. The number of aromatic nitrogens is 2. The Morgan fingerprint density at radius 2 is 1.94 bits per heavy atom. The molecule has 1 saturated carbocycles. The highest BCUT2D eigenvalue weighted by Gasteiger charge is 2.37. The first-order valence-corrected chi connectivity index (χ1v) is 7.86. The molecule has 0 N–H and O–H groups in total. The van der Waals surface area contributed by atoms with Crippen molar-refractivity contribution in [3.63, 3.8) is 0 Å². The van der Waals surface area contributed by atoms with E-state index >= 15 is 0 Å².